The Morgan fingerprint density at radius 1 is 0.893 bits per heavy atom. The number of hydrogen-bond donors (Lipinski definition) is 2. The number of nitrogens with zero attached hydrogens (tertiary/aromatic N) is 2. The van der Waals surface area contributed by atoms with Crippen LogP contribution in [0.15, 0.2) is 88.8 Å². The highest BCUT2D eigenvalue weighted by atomic mass is 32.2. The summed E-state index contributed by atoms with van der Waals surface area (Å²) < 4.78 is 0. The van der Waals surface area contributed by atoms with E-state index in [1.807, 2.05) is 30.3 Å². The number of hydrogen-bond acceptors (Lipinski definition) is 5. The second kappa shape index (κ2) is 8.92. The maximum atomic E-state index is 10.7. The maximum Gasteiger partial charge on any atom is 0.104 e. The summed E-state index contributed by atoms with van der Waals surface area (Å²) in [7, 11) is 0. The molecule has 0 saturated heterocycles. The fraction of sp³-hybridized carbons (Fsp3) is 0.0435. The summed E-state index contributed by atoms with van der Waals surface area (Å²) in [5.74, 6) is 0. The summed E-state index contributed by atoms with van der Waals surface area (Å²) in [5, 5.41) is 29.6. The second-order valence-corrected chi connectivity index (χ2v) is 7.14. The molecule has 3 N–H and O–H groups in total. The monoisotopic (exact) mass is 383 g/mol. The molecule has 1 unspecified atom stereocenters. The first-order valence-corrected chi connectivity index (χ1v) is 9.35. The number of aliphatic hydroxyl groups is 1. The molecular formula is C23H17N3OS. The van der Waals surface area contributed by atoms with Gasteiger partial charge in [-0.1, -0.05) is 60.3 Å². The van der Waals surface area contributed by atoms with Crippen LogP contribution in [0.2, 0.25) is 0 Å². The van der Waals surface area contributed by atoms with Gasteiger partial charge in [0.05, 0.1) is 22.2 Å². The van der Waals surface area contributed by atoms with Crippen LogP contribution in [0.3, 0.4) is 0 Å². The van der Waals surface area contributed by atoms with E-state index in [9.17, 15) is 10.4 Å². The van der Waals surface area contributed by atoms with E-state index in [0.717, 1.165) is 4.90 Å². The van der Waals surface area contributed by atoms with Gasteiger partial charge >= 0.3 is 0 Å². The zero-order chi connectivity index (χ0) is 19.9. The molecule has 0 amide bonds. The van der Waals surface area contributed by atoms with E-state index in [1.165, 1.54) is 11.8 Å². The smallest absolute Gasteiger partial charge is 0.104 e. The molecule has 0 spiro atoms. The van der Waals surface area contributed by atoms with Crippen LogP contribution >= 0.6 is 11.8 Å². The first kappa shape index (κ1) is 19.3. The Hall–Kier alpha value is -3.51. The molecule has 0 aliphatic carbocycles. The number of nitrogens with two attached hydrogens (primary N) is 1. The Morgan fingerprint density at radius 3 is 2.25 bits per heavy atom. The van der Waals surface area contributed by atoms with Crippen LogP contribution in [0.25, 0.3) is 5.57 Å². The SMILES string of the molecule is N#C/C(=C(\N)Sc1ccccc1)c1cccc(C(O)c2ccc(C#N)cc2)c1. The van der Waals surface area contributed by atoms with Gasteiger partial charge in [0.25, 0.3) is 0 Å². The fourth-order valence-electron chi connectivity index (χ4n) is 2.73. The van der Waals surface area contributed by atoms with Crippen molar-refractivity contribution < 1.29 is 5.11 Å². The van der Waals surface area contributed by atoms with Crippen molar-refractivity contribution >= 4 is 17.3 Å². The van der Waals surface area contributed by atoms with Crippen LogP contribution in [-0.4, -0.2) is 5.11 Å². The minimum Gasteiger partial charge on any atom is -0.392 e. The summed E-state index contributed by atoms with van der Waals surface area (Å²) in [5.41, 5.74) is 9.05. The molecule has 5 heteroatoms. The summed E-state index contributed by atoms with van der Waals surface area (Å²) >= 11 is 1.33. The van der Waals surface area contributed by atoms with Gasteiger partial charge in [-0.2, -0.15) is 10.5 Å². The molecular weight excluding hydrogens is 366 g/mol. The van der Waals surface area contributed by atoms with E-state index in [4.69, 9.17) is 11.0 Å². The Kier molecular flexibility index (Phi) is 6.14. The Bertz CT molecular complexity index is 1080. The van der Waals surface area contributed by atoms with Gasteiger partial charge in [0.2, 0.25) is 0 Å². The third kappa shape index (κ3) is 4.42. The van der Waals surface area contributed by atoms with E-state index in [2.05, 4.69) is 12.1 Å². The van der Waals surface area contributed by atoms with E-state index in [0.29, 0.717) is 32.9 Å². The molecule has 3 aromatic carbocycles. The van der Waals surface area contributed by atoms with Gasteiger partial charge in [-0.05, 0) is 47.0 Å². The van der Waals surface area contributed by atoms with Crippen molar-refractivity contribution in [1.29, 1.82) is 10.5 Å². The standard InChI is InChI=1S/C23H17N3OS/c24-14-16-9-11-17(12-10-16)22(27)19-6-4-5-18(13-19)21(15-25)23(26)28-20-7-2-1-3-8-20/h1-13,22,27H,26H2/b23-21-. The number of thioether (sulfide) groups is 1. The molecule has 136 valence electrons. The highest BCUT2D eigenvalue weighted by Gasteiger charge is 2.14. The molecule has 0 bridgehead atoms. The van der Waals surface area contributed by atoms with Gasteiger partial charge in [-0.25, -0.2) is 0 Å². The largest absolute Gasteiger partial charge is 0.392 e. The number of aliphatic hydroxyl groups excluding tert-OH is 1. The number of benzene rings is 3. The van der Waals surface area contributed by atoms with Crippen molar-refractivity contribution in [3.8, 4) is 12.1 Å². The molecule has 0 aliphatic heterocycles. The van der Waals surface area contributed by atoms with Gasteiger partial charge in [-0.3, -0.25) is 0 Å². The zero-order valence-corrected chi connectivity index (χ0v) is 15.7. The first-order chi connectivity index (χ1) is 13.6. The summed E-state index contributed by atoms with van der Waals surface area (Å²) in [6, 6.07) is 27.7. The van der Waals surface area contributed by atoms with Crippen molar-refractivity contribution in [1.82, 2.24) is 0 Å². The van der Waals surface area contributed by atoms with Crippen molar-refractivity contribution in [2.45, 2.75) is 11.0 Å². The number of allylic oxidation sites excluding steroid dienone is 1. The molecule has 28 heavy (non-hydrogen) atoms. The molecule has 0 radical (unpaired) electrons. The molecule has 0 fully saturated rings. The second-order valence-electron chi connectivity index (χ2n) is 6.03. The van der Waals surface area contributed by atoms with E-state index in [-0.39, 0.29) is 0 Å². The summed E-state index contributed by atoms with van der Waals surface area (Å²) in [6.45, 7) is 0. The van der Waals surface area contributed by atoms with Crippen LogP contribution in [-0.2, 0) is 0 Å². The third-order valence-corrected chi connectivity index (χ3v) is 5.11. The molecule has 0 saturated carbocycles. The normalized spacial score (nSPS) is 12.4. The average Bonchev–Trinajstić information content (AvgIpc) is 2.75. The van der Waals surface area contributed by atoms with E-state index >= 15 is 0 Å². The molecule has 0 aliphatic rings. The van der Waals surface area contributed by atoms with Crippen LogP contribution in [0.4, 0.5) is 0 Å². The molecule has 3 rings (SSSR count). The number of nitriles is 2. The van der Waals surface area contributed by atoms with Gasteiger partial charge in [0.1, 0.15) is 12.2 Å². The lowest BCUT2D eigenvalue weighted by molar-refractivity contribution is 0.220. The van der Waals surface area contributed by atoms with Gasteiger partial charge in [0, 0.05) is 4.90 Å². The minimum atomic E-state index is -0.865. The topological polar surface area (TPSA) is 93.8 Å². The lowest BCUT2D eigenvalue weighted by atomic mass is 9.97. The van der Waals surface area contributed by atoms with E-state index in [1.54, 1.807) is 48.5 Å². The van der Waals surface area contributed by atoms with Crippen LogP contribution in [0.1, 0.15) is 28.4 Å². The molecule has 0 heterocycles. The summed E-state index contributed by atoms with van der Waals surface area (Å²) in [4.78, 5) is 0.946. The average molecular weight is 383 g/mol. The summed E-state index contributed by atoms with van der Waals surface area (Å²) in [6.07, 6.45) is -0.865. The lowest BCUT2D eigenvalue weighted by Crippen LogP contribution is -2.02. The Morgan fingerprint density at radius 2 is 1.61 bits per heavy atom. The van der Waals surface area contributed by atoms with Crippen molar-refractivity contribution in [3.63, 3.8) is 0 Å². The molecule has 4 nitrogen and oxygen atoms in total. The molecule has 0 aromatic heterocycles. The highest BCUT2D eigenvalue weighted by Crippen LogP contribution is 2.31. The minimum absolute atomic E-state index is 0.364. The van der Waals surface area contributed by atoms with Crippen molar-refractivity contribution in [3.05, 3.63) is 106 Å². The van der Waals surface area contributed by atoms with Gasteiger partial charge in [0.15, 0.2) is 0 Å². The Labute approximate surface area is 168 Å². The van der Waals surface area contributed by atoms with Crippen molar-refractivity contribution in [2.75, 3.05) is 0 Å². The van der Waals surface area contributed by atoms with Crippen LogP contribution in [0.5, 0.6) is 0 Å². The lowest BCUT2D eigenvalue weighted by Gasteiger charge is -2.13. The van der Waals surface area contributed by atoms with Crippen LogP contribution < -0.4 is 5.73 Å². The predicted molar refractivity (Wildman–Crippen MR) is 111 cm³/mol. The van der Waals surface area contributed by atoms with Gasteiger partial charge < -0.3 is 10.8 Å². The van der Waals surface area contributed by atoms with Crippen LogP contribution in [0, 0.1) is 22.7 Å². The highest BCUT2D eigenvalue weighted by molar-refractivity contribution is 8.03. The van der Waals surface area contributed by atoms with Crippen molar-refractivity contribution in [2.24, 2.45) is 5.73 Å². The van der Waals surface area contributed by atoms with Gasteiger partial charge in [-0.15, -0.1) is 0 Å². The van der Waals surface area contributed by atoms with E-state index < -0.39 is 6.10 Å². The first-order valence-electron chi connectivity index (χ1n) is 8.53. The number of rotatable bonds is 5. The zero-order valence-electron chi connectivity index (χ0n) is 14.9. The third-order valence-electron chi connectivity index (χ3n) is 4.18. The molecule has 1 atom stereocenters. The Balaban J connectivity index is 1.91. The predicted octanol–water partition coefficient (Wildman–Crippen LogP) is 4.58. The fourth-order valence-corrected chi connectivity index (χ4v) is 3.54. The maximum absolute atomic E-state index is 10.7. The quantitative estimate of drug-likeness (QED) is 0.497. The molecule has 3 aromatic rings.